The number of thiophene rings is 1. The maximum absolute atomic E-state index is 13.0. The smallest absolute Gasteiger partial charge is 0.417 e. The van der Waals surface area contributed by atoms with Crippen molar-refractivity contribution in [3.05, 3.63) is 92.4 Å². The predicted octanol–water partition coefficient (Wildman–Crippen LogP) is 5.68. The highest BCUT2D eigenvalue weighted by molar-refractivity contribution is 7.08. The summed E-state index contributed by atoms with van der Waals surface area (Å²) in [5.41, 5.74) is -0.0442. The van der Waals surface area contributed by atoms with Crippen molar-refractivity contribution < 1.29 is 27.8 Å². The van der Waals surface area contributed by atoms with Gasteiger partial charge in [-0.1, -0.05) is 29.8 Å². The van der Waals surface area contributed by atoms with Crippen LogP contribution in [0.15, 0.2) is 65.1 Å². The van der Waals surface area contributed by atoms with Crippen molar-refractivity contribution in [1.82, 2.24) is 4.98 Å². The Morgan fingerprint density at radius 3 is 2.70 bits per heavy atom. The first kappa shape index (κ1) is 22.0. The molecule has 0 bridgehead atoms. The van der Waals surface area contributed by atoms with Crippen LogP contribution < -0.4 is 0 Å². The summed E-state index contributed by atoms with van der Waals surface area (Å²) in [5.74, 6) is -0.883. The molecule has 2 heterocycles. The standard InChI is InChI=1S/C21H15ClF3NO3S/c22-18-15(3-1-5-17(18)21(23,24)25)11-29-20(28)16(9-13-6-8-30-12-13)19(27)14-4-2-7-26-10-14/h1-10,12,19,27H,11H2. The molecule has 9 heteroatoms. The average molecular weight is 454 g/mol. The SMILES string of the molecule is O=C(OCc1cccc(C(F)(F)F)c1Cl)C(=Cc1ccsc1)C(O)c1cccnc1. The fraction of sp³-hybridized carbons (Fsp3) is 0.143. The Labute approximate surface area is 179 Å². The summed E-state index contributed by atoms with van der Waals surface area (Å²) in [6.07, 6.45) is -1.57. The molecule has 2 aromatic heterocycles. The van der Waals surface area contributed by atoms with Gasteiger partial charge < -0.3 is 9.84 Å². The molecule has 0 radical (unpaired) electrons. The number of nitrogens with zero attached hydrogens (tertiary/aromatic N) is 1. The van der Waals surface area contributed by atoms with Gasteiger partial charge in [0.05, 0.1) is 16.2 Å². The third kappa shape index (κ3) is 5.27. The third-order valence-corrected chi connectivity index (χ3v) is 5.29. The number of aliphatic hydroxyl groups excluding tert-OH is 1. The highest BCUT2D eigenvalue weighted by atomic mass is 35.5. The van der Waals surface area contributed by atoms with Crippen molar-refractivity contribution in [2.75, 3.05) is 0 Å². The summed E-state index contributed by atoms with van der Waals surface area (Å²) >= 11 is 7.25. The van der Waals surface area contributed by atoms with E-state index in [4.69, 9.17) is 16.3 Å². The Kier molecular flexibility index (Phi) is 6.91. The van der Waals surface area contributed by atoms with Crippen LogP contribution >= 0.6 is 22.9 Å². The number of esters is 1. The molecule has 1 unspecified atom stereocenters. The van der Waals surface area contributed by atoms with E-state index >= 15 is 0 Å². The lowest BCUT2D eigenvalue weighted by molar-refractivity contribution is -0.141. The Hall–Kier alpha value is -2.68. The van der Waals surface area contributed by atoms with E-state index in [1.165, 1.54) is 41.9 Å². The van der Waals surface area contributed by atoms with Crippen molar-refractivity contribution in [1.29, 1.82) is 0 Å². The van der Waals surface area contributed by atoms with E-state index in [0.717, 1.165) is 6.07 Å². The first-order chi connectivity index (χ1) is 14.3. The molecule has 3 rings (SSSR count). The molecule has 0 fully saturated rings. The van der Waals surface area contributed by atoms with Gasteiger partial charge in [-0.25, -0.2) is 4.79 Å². The highest BCUT2D eigenvalue weighted by Gasteiger charge is 2.34. The van der Waals surface area contributed by atoms with Gasteiger partial charge in [-0.3, -0.25) is 4.98 Å². The van der Waals surface area contributed by atoms with E-state index in [0.29, 0.717) is 11.1 Å². The van der Waals surface area contributed by atoms with E-state index in [-0.39, 0.29) is 11.1 Å². The first-order valence-electron chi connectivity index (χ1n) is 8.61. The number of carbonyl (C=O) groups is 1. The van der Waals surface area contributed by atoms with Crippen LogP contribution in [0.3, 0.4) is 0 Å². The number of alkyl halides is 3. The largest absolute Gasteiger partial charge is 0.457 e. The second-order valence-corrected chi connectivity index (χ2v) is 7.36. The fourth-order valence-corrected chi connectivity index (χ4v) is 3.55. The topological polar surface area (TPSA) is 59.4 Å². The fourth-order valence-electron chi connectivity index (χ4n) is 2.64. The number of rotatable bonds is 6. The minimum atomic E-state index is -4.63. The van der Waals surface area contributed by atoms with Crippen molar-refractivity contribution >= 4 is 35.0 Å². The summed E-state index contributed by atoms with van der Waals surface area (Å²) in [5, 5.41) is 13.7. The molecule has 0 saturated heterocycles. The Morgan fingerprint density at radius 2 is 2.07 bits per heavy atom. The van der Waals surface area contributed by atoms with E-state index in [1.807, 2.05) is 0 Å². The molecule has 0 saturated carbocycles. The van der Waals surface area contributed by atoms with Crippen molar-refractivity contribution in [3.63, 3.8) is 0 Å². The second-order valence-electron chi connectivity index (χ2n) is 6.20. The van der Waals surface area contributed by atoms with Gasteiger partial charge in [0.1, 0.15) is 12.7 Å². The molecule has 1 N–H and O–H groups in total. The molecule has 1 aromatic carbocycles. The summed E-state index contributed by atoms with van der Waals surface area (Å²) in [6.45, 7) is -0.484. The van der Waals surface area contributed by atoms with Gasteiger partial charge in [-0.05, 0) is 40.6 Å². The van der Waals surface area contributed by atoms with E-state index in [1.54, 1.807) is 29.0 Å². The molecular formula is C21H15ClF3NO3S. The van der Waals surface area contributed by atoms with Crippen molar-refractivity contribution in [2.24, 2.45) is 0 Å². The molecule has 0 spiro atoms. The molecule has 1 atom stereocenters. The number of benzene rings is 1. The monoisotopic (exact) mass is 453 g/mol. The highest BCUT2D eigenvalue weighted by Crippen LogP contribution is 2.36. The normalized spacial score (nSPS) is 13.2. The Morgan fingerprint density at radius 1 is 1.27 bits per heavy atom. The number of carbonyl (C=O) groups excluding carboxylic acids is 1. The first-order valence-corrected chi connectivity index (χ1v) is 9.93. The minimum Gasteiger partial charge on any atom is -0.457 e. The summed E-state index contributed by atoms with van der Waals surface area (Å²) in [6, 6.07) is 8.32. The third-order valence-electron chi connectivity index (χ3n) is 4.14. The summed E-state index contributed by atoms with van der Waals surface area (Å²) < 4.78 is 44.3. The molecule has 4 nitrogen and oxygen atoms in total. The lowest BCUT2D eigenvalue weighted by Gasteiger charge is -2.16. The van der Waals surface area contributed by atoms with E-state index in [2.05, 4.69) is 4.98 Å². The minimum absolute atomic E-state index is 0.00518. The lowest BCUT2D eigenvalue weighted by atomic mass is 10.0. The number of hydrogen-bond acceptors (Lipinski definition) is 5. The summed E-state index contributed by atoms with van der Waals surface area (Å²) in [4.78, 5) is 16.6. The lowest BCUT2D eigenvalue weighted by Crippen LogP contribution is -2.15. The van der Waals surface area contributed by atoms with Gasteiger partial charge in [0, 0.05) is 23.5 Å². The van der Waals surface area contributed by atoms with Crippen LogP contribution in [0.2, 0.25) is 5.02 Å². The zero-order chi connectivity index (χ0) is 21.7. The number of ether oxygens (including phenoxy) is 1. The number of pyridine rings is 1. The zero-order valence-electron chi connectivity index (χ0n) is 15.3. The maximum Gasteiger partial charge on any atom is 0.417 e. The van der Waals surface area contributed by atoms with E-state index < -0.39 is 35.4 Å². The number of halogens is 4. The van der Waals surface area contributed by atoms with Crippen molar-refractivity contribution in [2.45, 2.75) is 18.9 Å². The van der Waals surface area contributed by atoms with Crippen molar-refractivity contribution in [3.8, 4) is 0 Å². The van der Waals surface area contributed by atoms with Crippen LogP contribution in [0.25, 0.3) is 6.08 Å². The molecule has 3 aromatic rings. The molecule has 30 heavy (non-hydrogen) atoms. The van der Waals surface area contributed by atoms with Crippen LogP contribution in [0.4, 0.5) is 13.2 Å². The maximum atomic E-state index is 13.0. The second kappa shape index (κ2) is 9.42. The van der Waals surface area contributed by atoms with Crippen LogP contribution in [-0.4, -0.2) is 16.1 Å². The number of aliphatic hydroxyl groups is 1. The quantitative estimate of drug-likeness (QED) is 0.385. The molecule has 156 valence electrons. The number of aromatic nitrogens is 1. The van der Waals surface area contributed by atoms with Gasteiger partial charge in [0.2, 0.25) is 0 Å². The van der Waals surface area contributed by atoms with Crippen LogP contribution in [0.5, 0.6) is 0 Å². The molecular weight excluding hydrogens is 439 g/mol. The Balaban J connectivity index is 1.85. The molecule has 0 aliphatic rings. The van der Waals surface area contributed by atoms with Crippen LogP contribution in [-0.2, 0) is 22.3 Å². The molecule has 0 amide bonds. The Bertz CT molecular complexity index is 1040. The van der Waals surface area contributed by atoms with Gasteiger partial charge in [-0.2, -0.15) is 24.5 Å². The molecule has 0 aliphatic heterocycles. The zero-order valence-corrected chi connectivity index (χ0v) is 16.8. The van der Waals surface area contributed by atoms with Gasteiger partial charge in [0.25, 0.3) is 0 Å². The van der Waals surface area contributed by atoms with Gasteiger partial charge >= 0.3 is 12.1 Å². The average Bonchev–Trinajstić information content (AvgIpc) is 3.23. The van der Waals surface area contributed by atoms with Crippen LogP contribution in [0.1, 0.15) is 28.4 Å². The predicted molar refractivity (Wildman–Crippen MR) is 108 cm³/mol. The van der Waals surface area contributed by atoms with Gasteiger partial charge in [0.15, 0.2) is 0 Å². The number of hydrogen-bond donors (Lipinski definition) is 1. The summed E-state index contributed by atoms with van der Waals surface area (Å²) in [7, 11) is 0. The molecule has 0 aliphatic carbocycles. The van der Waals surface area contributed by atoms with Gasteiger partial charge in [-0.15, -0.1) is 0 Å². The van der Waals surface area contributed by atoms with Crippen LogP contribution in [0, 0.1) is 0 Å². The van der Waals surface area contributed by atoms with E-state index in [9.17, 15) is 23.1 Å².